The van der Waals surface area contributed by atoms with Gasteiger partial charge in [0.2, 0.25) is 5.75 Å². The van der Waals surface area contributed by atoms with Crippen molar-refractivity contribution in [1.29, 1.82) is 0 Å². The lowest BCUT2D eigenvalue weighted by molar-refractivity contribution is -0.385. The Morgan fingerprint density at radius 2 is 1.96 bits per heavy atom. The number of halogens is 1. The molecule has 0 spiro atoms. The minimum absolute atomic E-state index is 0.0782. The molecule has 1 amide bonds. The second kappa shape index (κ2) is 8.83. The Bertz CT molecular complexity index is 821. The molecule has 0 saturated heterocycles. The Balaban J connectivity index is 1.53. The summed E-state index contributed by atoms with van der Waals surface area (Å²) in [5.74, 6) is 0.943. The number of rotatable bonds is 9. The number of benzene rings is 2. The van der Waals surface area contributed by atoms with Gasteiger partial charge in [0.1, 0.15) is 5.75 Å². The van der Waals surface area contributed by atoms with Crippen LogP contribution in [0.4, 0.5) is 5.69 Å². The third-order valence-corrected chi connectivity index (χ3v) is 4.28. The van der Waals surface area contributed by atoms with Crippen molar-refractivity contribution in [1.82, 2.24) is 5.32 Å². The molecule has 0 heterocycles. The van der Waals surface area contributed by atoms with E-state index in [0.29, 0.717) is 30.4 Å². The van der Waals surface area contributed by atoms with Crippen LogP contribution in [0.5, 0.6) is 11.5 Å². The smallest absolute Gasteiger partial charge is 0.313 e. The average molecular weight is 391 g/mol. The molecule has 1 N–H and O–H groups in total. The van der Waals surface area contributed by atoms with Gasteiger partial charge in [-0.15, -0.1) is 0 Å². The largest absolute Gasteiger partial charge is 0.450 e. The van der Waals surface area contributed by atoms with Crippen LogP contribution in [-0.2, 0) is 4.74 Å². The summed E-state index contributed by atoms with van der Waals surface area (Å²) in [6, 6.07) is 10.5. The maximum absolute atomic E-state index is 12.1. The van der Waals surface area contributed by atoms with Crippen molar-refractivity contribution in [2.45, 2.75) is 12.8 Å². The lowest BCUT2D eigenvalue weighted by atomic mass is 10.2. The van der Waals surface area contributed by atoms with Crippen LogP contribution in [0.25, 0.3) is 0 Å². The van der Waals surface area contributed by atoms with E-state index >= 15 is 0 Å². The summed E-state index contributed by atoms with van der Waals surface area (Å²) in [5.41, 5.74) is 0.241. The van der Waals surface area contributed by atoms with Crippen LogP contribution in [-0.4, -0.2) is 30.6 Å². The fraction of sp³-hybridized carbons (Fsp3) is 0.316. The Labute approximate surface area is 161 Å². The van der Waals surface area contributed by atoms with Gasteiger partial charge < -0.3 is 14.8 Å². The van der Waals surface area contributed by atoms with Crippen molar-refractivity contribution in [3.63, 3.8) is 0 Å². The zero-order chi connectivity index (χ0) is 19.2. The lowest BCUT2D eigenvalue weighted by Gasteiger charge is -2.08. The summed E-state index contributed by atoms with van der Waals surface area (Å²) < 4.78 is 11.0. The highest BCUT2D eigenvalue weighted by molar-refractivity contribution is 6.30. The third kappa shape index (κ3) is 5.67. The van der Waals surface area contributed by atoms with E-state index in [1.54, 1.807) is 24.3 Å². The van der Waals surface area contributed by atoms with Gasteiger partial charge >= 0.3 is 5.69 Å². The van der Waals surface area contributed by atoms with Gasteiger partial charge in [-0.1, -0.05) is 11.6 Å². The van der Waals surface area contributed by atoms with Gasteiger partial charge in [-0.05, 0) is 55.2 Å². The van der Waals surface area contributed by atoms with Gasteiger partial charge in [-0.25, -0.2) is 0 Å². The van der Waals surface area contributed by atoms with Crippen LogP contribution in [0, 0.1) is 16.0 Å². The molecular formula is C19H19ClN2O5. The molecule has 0 radical (unpaired) electrons. The van der Waals surface area contributed by atoms with E-state index in [0.717, 1.165) is 6.61 Å². The first-order chi connectivity index (χ1) is 13.0. The minimum Gasteiger partial charge on any atom is -0.450 e. The van der Waals surface area contributed by atoms with E-state index in [4.69, 9.17) is 21.1 Å². The molecule has 27 heavy (non-hydrogen) atoms. The average Bonchev–Trinajstić information content (AvgIpc) is 3.47. The van der Waals surface area contributed by atoms with Crippen molar-refractivity contribution >= 4 is 23.2 Å². The summed E-state index contributed by atoms with van der Waals surface area (Å²) in [4.78, 5) is 22.6. The predicted molar refractivity (Wildman–Crippen MR) is 100 cm³/mol. The monoisotopic (exact) mass is 390 g/mol. The van der Waals surface area contributed by atoms with E-state index in [1.807, 2.05) is 0 Å². The van der Waals surface area contributed by atoms with Gasteiger partial charge in [0.05, 0.1) is 11.5 Å². The molecule has 1 fully saturated rings. The number of nitro benzene ring substituents is 1. The number of carbonyl (C=O) groups is 1. The van der Waals surface area contributed by atoms with E-state index < -0.39 is 4.92 Å². The molecule has 3 rings (SSSR count). The number of nitro groups is 1. The third-order valence-electron chi connectivity index (χ3n) is 4.04. The van der Waals surface area contributed by atoms with Crippen LogP contribution >= 0.6 is 11.6 Å². The molecule has 2 aromatic carbocycles. The number of carbonyl (C=O) groups excluding carboxylic acids is 1. The molecule has 0 atom stereocenters. The molecule has 8 heteroatoms. The summed E-state index contributed by atoms with van der Waals surface area (Å²) in [6.45, 7) is 1.70. The van der Waals surface area contributed by atoms with Gasteiger partial charge in [-0.2, -0.15) is 0 Å². The Morgan fingerprint density at radius 1 is 1.22 bits per heavy atom. The van der Waals surface area contributed by atoms with E-state index in [2.05, 4.69) is 5.32 Å². The van der Waals surface area contributed by atoms with Crippen LogP contribution in [0.2, 0.25) is 5.02 Å². The molecule has 2 aromatic rings. The highest BCUT2D eigenvalue weighted by atomic mass is 35.5. The number of nitrogens with one attached hydrogen (secondary N) is 1. The summed E-state index contributed by atoms with van der Waals surface area (Å²) in [7, 11) is 0. The number of hydrogen-bond acceptors (Lipinski definition) is 5. The predicted octanol–water partition coefficient (Wildman–Crippen LogP) is 4.20. The second-order valence-corrected chi connectivity index (χ2v) is 6.71. The highest BCUT2D eigenvalue weighted by Gasteiger charge is 2.21. The zero-order valence-corrected chi connectivity index (χ0v) is 15.3. The first-order valence-corrected chi connectivity index (χ1v) is 8.98. The fourth-order valence-electron chi connectivity index (χ4n) is 2.39. The van der Waals surface area contributed by atoms with Crippen LogP contribution < -0.4 is 10.1 Å². The first kappa shape index (κ1) is 19.1. The number of amides is 1. The molecule has 0 aliphatic heterocycles. The van der Waals surface area contributed by atoms with Gasteiger partial charge in [0, 0.05) is 29.8 Å². The minimum atomic E-state index is -0.561. The summed E-state index contributed by atoms with van der Waals surface area (Å²) in [6.07, 6.45) is 2.47. The molecule has 0 bridgehead atoms. The number of ether oxygens (including phenoxy) is 2. The molecule has 0 unspecified atom stereocenters. The Hall–Kier alpha value is -2.64. The molecule has 7 nitrogen and oxygen atoms in total. The van der Waals surface area contributed by atoms with E-state index in [9.17, 15) is 14.9 Å². The first-order valence-electron chi connectivity index (χ1n) is 8.61. The SMILES string of the molecule is O=C(NCCOCC1CC1)c1ccc(Oc2ccc(Cl)cc2[N+](=O)[O-])cc1. The maximum Gasteiger partial charge on any atom is 0.313 e. The van der Waals surface area contributed by atoms with E-state index in [1.165, 1.54) is 31.0 Å². The van der Waals surface area contributed by atoms with Crippen molar-refractivity contribution in [2.75, 3.05) is 19.8 Å². The lowest BCUT2D eigenvalue weighted by Crippen LogP contribution is -2.27. The van der Waals surface area contributed by atoms with Crippen LogP contribution in [0.15, 0.2) is 42.5 Å². The van der Waals surface area contributed by atoms with Crippen molar-refractivity contribution in [3.05, 3.63) is 63.2 Å². The standard InChI is InChI=1S/C19H19ClN2O5/c20-15-5-8-18(17(11-15)22(24)25)27-16-6-3-14(4-7-16)19(23)21-9-10-26-12-13-1-2-13/h3-8,11,13H,1-2,9-10,12H2,(H,21,23). The molecule has 1 aliphatic rings. The maximum atomic E-state index is 12.1. The summed E-state index contributed by atoms with van der Waals surface area (Å²) in [5, 5.41) is 14.1. The van der Waals surface area contributed by atoms with Crippen molar-refractivity contribution in [2.24, 2.45) is 5.92 Å². The normalized spacial score (nSPS) is 13.2. The van der Waals surface area contributed by atoms with Gasteiger partial charge in [0.25, 0.3) is 5.91 Å². The second-order valence-electron chi connectivity index (χ2n) is 6.27. The Morgan fingerprint density at radius 3 is 2.63 bits per heavy atom. The van der Waals surface area contributed by atoms with Crippen molar-refractivity contribution < 1.29 is 19.2 Å². The summed E-state index contributed by atoms with van der Waals surface area (Å²) >= 11 is 5.79. The fourth-order valence-corrected chi connectivity index (χ4v) is 2.56. The molecule has 1 aliphatic carbocycles. The van der Waals surface area contributed by atoms with Gasteiger partial charge in [0.15, 0.2) is 0 Å². The van der Waals surface area contributed by atoms with Crippen LogP contribution in [0.3, 0.4) is 0 Å². The molecule has 0 aromatic heterocycles. The Kier molecular flexibility index (Phi) is 6.26. The highest BCUT2D eigenvalue weighted by Crippen LogP contribution is 2.33. The number of nitrogens with zero attached hydrogens (tertiary/aromatic N) is 1. The van der Waals surface area contributed by atoms with Gasteiger partial charge in [-0.3, -0.25) is 14.9 Å². The quantitative estimate of drug-likeness (QED) is 0.393. The molecule has 142 valence electrons. The zero-order valence-electron chi connectivity index (χ0n) is 14.5. The van der Waals surface area contributed by atoms with Crippen molar-refractivity contribution in [3.8, 4) is 11.5 Å². The topological polar surface area (TPSA) is 90.7 Å². The van der Waals surface area contributed by atoms with Crippen LogP contribution in [0.1, 0.15) is 23.2 Å². The molecular weight excluding hydrogens is 372 g/mol. The number of hydrogen-bond donors (Lipinski definition) is 1. The van der Waals surface area contributed by atoms with E-state index in [-0.39, 0.29) is 22.4 Å². The molecule has 1 saturated carbocycles.